The quantitative estimate of drug-likeness (QED) is 0.500. The zero-order valence-corrected chi connectivity index (χ0v) is 12.0. The Morgan fingerprint density at radius 3 is 2.75 bits per heavy atom. The molecule has 6 atom stereocenters. The van der Waals surface area contributed by atoms with E-state index in [1.54, 1.807) is 0 Å². The Balaban J connectivity index is 1.70. The Hall–Kier alpha value is -1.18. The molecule has 106 valence electrons. The Morgan fingerprint density at radius 1 is 1.05 bits per heavy atom. The highest BCUT2D eigenvalue weighted by molar-refractivity contribution is 6.43. The van der Waals surface area contributed by atoms with E-state index in [0.717, 1.165) is 5.92 Å². The number of hydrogen-bond donors (Lipinski definition) is 0. The third-order valence-corrected chi connectivity index (χ3v) is 6.63. The summed E-state index contributed by atoms with van der Waals surface area (Å²) in [6, 6.07) is 0. The molecule has 4 aliphatic carbocycles. The number of fused-ring (bicyclic) bond motifs is 5. The van der Waals surface area contributed by atoms with Gasteiger partial charge < -0.3 is 0 Å². The summed E-state index contributed by atoms with van der Waals surface area (Å²) >= 11 is 0. The van der Waals surface area contributed by atoms with Crippen molar-refractivity contribution in [2.24, 2.45) is 35.0 Å². The summed E-state index contributed by atoms with van der Waals surface area (Å²) in [7, 11) is 0. The first-order chi connectivity index (χ1) is 9.60. The molecule has 2 nitrogen and oxygen atoms in total. The van der Waals surface area contributed by atoms with Crippen LogP contribution in [0.1, 0.15) is 39.0 Å². The first-order valence-corrected chi connectivity index (χ1v) is 8.05. The molecule has 2 saturated carbocycles. The number of ketones is 2. The lowest BCUT2D eigenvalue weighted by atomic mass is 9.53. The lowest BCUT2D eigenvalue weighted by Gasteiger charge is -2.50. The van der Waals surface area contributed by atoms with Gasteiger partial charge in [-0.15, -0.1) is 0 Å². The van der Waals surface area contributed by atoms with E-state index in [1.807, 2.05) is 6.08 Å². The minimum absolute atomic E-state index is 0.167. The van der Waals surface area contributed by atoms with Gasteiger partial charge in [-0.1, -0.05) is 31.6 Å². The van der Waals surface area contributed by atoms with Crippen LogP contribution in [0.3, 0.4) is 0 Å². The normalized spacial score (nSPS) is 49.8. The van der Waals surface area contributed by atoms with Gasteiger partial charge in [0.2, 0.25) is 11.6 Å². The molecule has 0 aromatic rings. The molecule has 0 radical (unpaired) electrons. The monoisotopic (exact) mass is 270 g/mol. The van der Waals surface area contributed by atoms with E-state index in [9.17, 15) is 9.59 Å². The molecule has 1 unspecified atom stereocenters. The molecule has 2 fully saturated rings. The van der Waals surface area contributed by atoms with Crippen LogP contribution in [0.4, 0.5) is 0 Å². The van der Waals surface area contributed by atoms with Crippen LogP contribution >= 0.6 is 0 Å². The zero-order valence-electron chi connectivity index (χ0n) is 12.0. The van der Waals surface area contributed by atoms with Gasteiger partial charge in [0.05, 0.1) is 5.92 Å². The Bertz CT molecular complexity index is 530. The SMILES string of the molecule is C[C@@]12CCC[C@H]1[C@@H]1C=CC3C(=O)C(=O)C=C[C@@H]3[C@H]1CC2. The lowest BCUT2D eigenvalue weighted by Crippen LogP contribution is -2.46. The molecule has 0 amide bonds. The predicted molar refractivity (Wildman–Crippen MR) is 76.9 cm³/mol. The van der Waals surface area contributed by atoms with E-state index >= 15 is 0 Å². The largest absolute Gasteiger partial charge is 0.290 e. The van der Waals surface area contributed by atoms with Crippen molar-refractivity contribution in [3.05, 3.63) is 24.3 Å². The number of Topliss-reactive ketones (excluding diaryl/α,β-unsaturated/α-hetero) is 1. The van der Waals surface area contributed by atoms with Gasteiger partial charge in [-0.25, -0.2) is 0 Å². The maximum atomic E-state index is 12.1. The van der Waals surface area contributed by atoms with Gasteiger partial charge in [-0.3, -0.25) is 9.59 Å². The van der Waals surface area contributed by atoms with Gasteiger partial charge in [0, 0.05) is 0 Å². The van der Waals surface area contributed by atoms with Crippen molar-refractivity contribution in [3.8, 4) is 0 Å². The Kier molecular flexibility index (Phi) is 2.61. The van der Waals surface area contributed by atoms with Gasteiger partial charge in [-0.2, -0.15) is 0 Å². The van der Waals surface area contributed by atoms with Crippen LogP contribution in [0.15, 0.2) is 24.3 Å². The summed E-state index contributed by atoms with van der Waals surface area (Å²) in [6.45, 7) is 2.46. The molecule has 0 saturated heterocycles. The Morgan fingerprint density at radius 2 is 1.90 bits per heavy atom. The molecule has 0 N–H and O–H groups in total. The number of carbonyl (C=O) groups is 2. The standard InChI is InChI=1S/C18H22O2/c1-18-9-2-3-15(18)13-4-5-14-11(12(13)8-10-18)6-7-16(19)17(14)20/h4-7,11-15H,2-3,8-10H2,1H3/t11-,12-,13-,14?,15+,18+/m1/s1. The average molecular weight is 270 g/mol. The number of carbonyl (C=O) groups excluding carboxylic acids is 2. The second-order valence-corrected chi connectivity index (χ2v) is 7.51. The first-order valence-electron chi connectivity index (χ1n) is 8.05. The minimum atomic E-state index is -0.309. The number of hydrogen-bond acceptors (Lipinski definition) is 2. The molecule has 0 heterocycles. The highest BCUT2D eigenvalue weighted by Gasteiger charge is 2.52. The molecule has 2 heteroatoms. The van der Waals surface area contributed by atoms with E-state index in [-0.39, 0.29) is 23.4 Å². The molecule has 4 aliphatic rings. The van der Waals surface area contributed by atoms with Crippen LogP contribution < -0.4 is 0 Å². The summed E-state index contributed by atoms with van der Waals surface area (Å²) in [4.78, 5) is 23.6. The summed E-state index contributed by atoms with van der Waals surface area (Å²) in [5.41, 5.74) is 0.524. The summed E-state index contributed by atoms with van der Waals surface area (Å²) in [6.07, 6.45) is 14.5. The van der Waals surface area contributed by atoms with Gasteiger partial charge >= 0.3 is 0 Å². The third-order valence-electron chi connectivity index (χ3n) is 6.63. The van der Waals surface area contributed by atoms with Gasteiger partial charge in [0.25, 0.3) is 0 Å². The smallest absolute Gasteiger partial charge is 0.221 e. The second kappa shape index (κ2) is 4.16. The molecule has 0 bridgehead atoms. The van der Waals surface area contributed by atoms with Crippen LogP contribution in [0, 0.1) is 35.0 Å². The van der Waals surface area contributed by atoms with Crippen LogP contribution in [0.5, 0.6) is 0 Å². The summed E-state index contributed by atoms with van der Waals surface area (Å²) in [5.74, 6) is 1.61. The maximum Gasteiger partial charge on any atom is 0.221 e. The van der Waals surface area contributed by atoms with Crippen molar-refractivity contribution < 1.29 is 9.59 Å². The molecule has 4 rings (SSSR count). The molecule has 0 aromatic carbocycles. The van der Waals surface area contributed by atoms with Crippen molar-refractivity contribution >= 4 is 11.6 Å². The fourth-order valence-corrected chi connectivity index (χ4v) is 5.55. The third kappa shape index (κ3) is 1.57. The van der Waals surface area contributed by atoms with E-state index in [1.165, 1.54) is 38.2 Å². The van der Waals surface area contributed by atoms with Crippen LogP contribution in [0.2, 0.25) is 0 Å². The van der Waals surface area contributed by atoms with Crippen molar-refractivity contribution in [2.45, 2.75) is 39.0 Å². The van der Waals surface area contributed by atoms with Gasteiger partial charge in [0.15, 0.2) is 0 Å². The van der Waals surface area contributed by atoms with E-state index < -0.39 is 0 Å². The fourth-order valence-electron chi connectivity index (χ4n) is 5.55. The number of rotatable bonds is 0. The van der Waals surface area contributed by atoms with Crippen LogP contribution in [-0.4, -0.2) is 11.6 Å². The van der Waals surface area contributed by atoms with Crippen molar-refractivity contribution in [1.82, 2.24) is 0 Å². The predicted octanol–water partition coefficient (Wildman–Crippen LogP) is 3.33. The molecule has 0 aliphatic heterocycles. The van der Waals surface area contributed by atoms with Gasteiger partial charge in [-0.05, 0) is 60.8 Å². The minimum Gasteiger partial charge on any atom is -0.290 e. The molecule has 0 aromatic heterocycles. The van der Waals surface area contributed by atoms with Crippen molar-refractivity contribution in [1.29, 1.82) is 0 Å². The van der Waals surface area contributed by atoms with E-state index in [2.05, 4.69) is 19.1 Å². The average Bonchev–Trinajstić information content (AvgIpc) is 2.84. The highest BCUT2D eigenvalue weighted by Crippen LogP contribution is 2.59. The van der Waals surface area contributed by atoms with Crippen molar-refractivity contribution in [2.75, 3.05) is 0 Å². The summed E-state index contributed by atoms with van der Waals surface area (Å²) in [5, 5.41) is 0. The highest BCUT2D eigenvalue weighted by atomic mass is 16.2. The van der Waals surface area contributed by atoms with E-state index in [0.29, 0.717) is 17.3 Å². The lowest BCUT2D eigenvalue weighted by molar-refractivity contribution is -0.137. The topological polar surface area (TPSA) is 34.1 Å². The molecular formula is C18H22O2. The fraction of sp³-hybridized carbons (Fsp3) is 0.667. The zero-order chi connectivity index (χ0) is 13.9. The van der Waals surface area contributed by atoms with Gasteiger partial charge in [0.1, 0.15) is 0 Å². The molecule has 0 spiro atoms. The van der Waals surface area contributed by atoms with Crippen LogP contribution in [-0.2, 0) is 9.59 Å². The van der Waals surface area contributed by atoms with E-state index in [4.69, 9.17) is 0 Å². The summed E-state index contributed by atoms with van der Waals surface area (Å²) < 4.78 is 0. The number of allylic oxidation sites excluding steroid dienone is 4. The van der Waals surface area contributed by atoms with Crippen molar-refractivity contribution in [3.63, 3.8) is 0 Å². The molecule has 20 heavy (non-hydrogen) atoms. The first kappa shape index (κ1) is 12.6. The second-order valence-electron chi connectivity index (χ2n) is 7.51. The Labute approximate surface area is 120 Å². The maximum absolute atomic E-state index is 12.1. The van der Waals surface area contributed by atoms with Crippen LogP contribution in [0.25, 0.3) is 0 Å². The molecular weight excluding hydrogens is 248 g/mol.